The van der Waals surface area contributed by atoms with Gasteiger partial charge in [0.15, 0.2) is 9.84 Å². The zero-order chi connectivity index (χ0) is 11.3. The van der Waals surface area contributed by atoms with Crippen molar-refractivity contribution in [3.8, 4) is 0 Å². The van der Waals surface area contributed by atoms with E-state index in [-0.39, 0.29) is 18.1 Å². The van der Waals surface area contributed by atoms with E-state index >= 15 is 0 Å². The van der Waals surface area contributed by atoms with Gasteiger partial charge < -0.3 is 5.73 Å². The van der Waals surface area contributed by atoms with E-state index < -0.39 is 9.84 Å². The molecule has 1 aromatic rings. The van der Waals surface area contributed by atoms with Gasteiger partial charge in [0.2, 0.25) is 0 Å². The minimum Gasteiger partial charge on any atom is -0.329 e. The Kier molecular flexibility index (Phi) is 4.22. The number of hydrogen-bond donors (Lipinski definition) is 1. The Morgan fingerprint density at radius 2 is 2.27 bits per heavy atom. The van der Waals surface area contributed by atoms with Crippen molar-refractivity contribution in [2.24, 2.45) is 5.73 Å². The Labute approximate surface area is 89.4 Å². The largest absolute Gasteiger partial charge is 0.329 e. The number of rotatable bonds is 6. The smallest absolute Gasteiger partial charge is 0.158 e. The van der Waals surface area contributed by atoms with Crippen LogP contribution in [-0.2, 0) is 22.1 Å². The molecule has 0 aliphatic heterocycles. The Balaban J connectivity index is 2.75. The highest BCUT2D eigenvalue weighted by Crippen LogP contribution is 2.03. The molecule has 1 aromatic heterocycles. The number of sulfone groups is 1. The molecule has 0 aliphatic carbocycles. The SMILES string of the molecule is CCCn1ncnc1CS(=O)(=O)CCN. The maximum Gasteiger partial charge on any atom is 0.158 e. The van der Waals surface area contributed by atoms with E-state index in [2.05, 4.69) is 10.1 Å². The van der Waals surface area contributed by atoms with Crippen LogP contribution in [0, 0.1) is 0 Å². The van der Waals surface area contributed by atoms with E-state index in [9.17, 15) is 8.42 Å². The molecule has 0 atom stereocenters. The molecule has 0 radical (unpaired) electrons. The molecule has 0 spiro atoms. The van der Waals surface area contributed by atoms with Gasteiger partial charge in [0.1, 0.15) is 17.9 Å². The Bertz CT molecular complexity index is 399. The third kappa shape index (κ3) is 3.60. The molecule has 2 N–H and O–H groups in total. The summed E-state index contributed by atoms with van der Waals surface area (Å²) in [5.74, 6) is 0.404. The van der Waals surface area contributed by atoms with Crippen LogP contribution in [-0.4, -0.2) is 35.5 Å². The molecule has 6 nitrogen and oxygen atoms in total. The van der Waals surface area contributed by atoms with Crippen LogP contribution in [0.3, 0.4) is 0 Å². The van der Waals surface area contributed by atoms with Crippen LogP contribution in [0.4, 0.5) is 0 Å². The van der Waals surface area contributed by atoms with Crippen molar-refractivity contribution in [3.63, 3.8) is 0 Å². The minimum atomic E-state index is -3.14. The average Bonchev–Trinajstić information content (AvgIpc) is 2.52. The van der Waals surface area contributed by atoms with E-state index in [1.165, 1.54) is 6.33 Å². The van der Waals surface area contributed by atoms with Gasteiger partial charge in [-0.3, -0.25) is 0 Å². The topological polar surface area (TPSA) is 90.9 Å². The van der Waals surface area contributed by atoms with E-state index in [1.807, 2.05) is 6.92 Å². The van der Waals surface area contributed by atoms with Gasteiger partial charge in [-0.15, -0.1) is 0 Å². The van der Waals surface area contributed by atoms with Gasteiger partial charge in [-0.05, 0) is 6.42 Å². The van der Waals surface area contributed by atoms with Crippen molar-refractivity contribution in [1.29, 1.82) is 0 Å². The van der Waals surface area contributed by atoms with Crippen molar-refractivity contribution in [2.45, 2.75) is 25.6 Å². The summed E-state index contributed by atoms with van der Waals surface area (Å²) in [6, 6.07) is 0. The van der Waals surface area contributed by atoms with E-state index in [1.54, 1.807) is 4.68 Å². The van der Waals surface area contributed by atoms with Crippen LogP contribution >= 0.6 is 0 Å². The molecule has 0 bridgehead atoms. The van der Waals surface area contributed by atoms with Crippen molar-refractivity contribution < 1.29 is 8.42 Å². The van der Waals surface area contributed by atoms with Crippen LogP contribution in [0.15, 0.2) is 6.33 Å². The number of nitrogens with zero attached hydrogens (tertiary/aromatic N) is 3. The summed E-state index contributed by atoms with van der Waals surface area (Å²) in [5.41, 5.74) is 5.22. The first-order chi connectivity index (χ1) is 7.09. The standard InChI is InChI=1S/C8H16N4O2S/c1-2-4-12-8(10-7-11-12)6-15(13,14)5-3-9/h7H,2-6,9H2,1H3. The first-order valence-corrected chi connectivity index (χ1v) is 6.68. The van der Waals surface area contributed by atoms with Crippen molar-refractivity contribution in [2.75, 3.05) is 12.3 Å². The highest BCUT2D eigenvalue weighted by Gasteiger charge is 2.15. The van der Waals surface area contributed by atoms with Crippen LogP contribution in [0.25, 0.3) is 0 Å². The molecule has 0 saturated heterocycles. The fourth-order valence-electron chi connectivity index (χ4n) is 1.25. The summed E-state index contributed by atoms with van der Waals surface area (Å²) in [7, 11) is -3.14. The van der Waals surface area contributed by atoms with Crippen LogP contribution in [0.2, 0.25) is 0 Å². The summed E-state index contributed by atoms with van der Waals surface area (Å²) in [6.45, 7) is 2.83. The Hall–Kier alpha value is -0.950. The third-order valence-corrected chi connectivity index (χ3v) is 3.46. The first-order valence-electron chi connectivity index (χ1n) is 4.86. The van der Waals surface area contributed by atoms with Crippen LogP contribution in [0.1, 0.15) is 19.2 Å². The molecule has 0 aromatic carbocycles. The second-order valence-corrected chi connectivity index (χ2v) is 5.46. The molecule has 86 valence electrons. The third-order valence-electron chi connectivity index (χ3n) is 1.91. The van der Waals surface area contributed by atoms with Crippen LogP contribution in [0.5, 0.6) is 0 Å². The summed E-state index contributed by atoms with van der Waals surface area (Å²) in [4.78, 5) is 3.93. The van der Waals surface area contributed by atoms with Gasteiger partial charge in [-0.1, -0.05) is 6.92 Å². The van der Waals surface area contributed by atoms with Crippen molar-refractivity contribution in [1.82, 2.24) is 14.8 Å². The van der Waals surface area contributed by atoms with E-state index in [0.29, 0.717) is 12.4 Å². The molecule has 0 amide bonds. The van der Waals surface area contributed by atoms with Crippen molar-refractivity contribution in [3.05, 3.63) is 12.2 Å². The van der Waals surface area contributed by atoms with Gasteiger partial charge in [0.25, 0.3) is 0 Å². The lowest BCUT2D eigenvalue weighted by Gasteiger charge is -2.04. The zero-order valence-electron chi connectivity index (χ0n) is 8.76. The van der Waals surface area contributed by atoms with E-state index in [4.69, 9.17) is 5.73 Å². The van der Waals surface area contributed by atoms with Gasteiger partial charge in [-0.2, -0.15) is 5.10 Å². The lowest BCUT2D eigenvalue weighted by molar-refractivity contribution is 0.566. The van der Waals surface area contributed by atoms with Gasteiger partial charge in [0.05, 0.1) is 5.75 Å². The summed E-state index contributed by atoms with van der Waals surface area (Å²) >= 11 is 0. The number of aromatic nitrogens is 3. The molecular weight excluding hydrogens is 216 g/mol. The summed E-state index contributed by atoms with van der Waals surface area (Å²) < 4.78 is 24.6. The molecule has 1 rings (SSSR count). The summed E-state index contributed by atoms with van der Waals surface area (Å²) in [5, 5.41) is 3.96. The highest BCUT2D eigenvalue weighted by molar-refractivity contribution is 7.90. The molecule has 0 unspecified atom stereocenters. The van der Waals surface area contributed by atoms with E-state index in [0.717, 1.165) is 6.42 Å². The van der Waals surface area contributed by atoms with Gasteiger partial charge >= 0.3 is 0 Å². The number of nitrogens with two attached hydrogens (primary N) is 1. The average molecular weight is 232 g/mol. The van der Waals surface area contributed by atoms with Crippen molar-refractivity contribution >= 4 is 9.84 Å². The van der Waals surface area contributed by atoms with Crippen LogP contribution < -0.4 is 5.73 Å². The Morgan fingerprint density at radius 3 is 2.87 bits per heavy atom. The molecule has 0 fully saturated rings. The summed E-state index contributed by atoms with van der Waals surface area (Å²) in [6.07, 6.45) is 2.27. The second-order valence-electron chi connectivity index (χ2n) is 3.28. The fourth-order valence-corrected chi connectivity index (χ4v) is 2.37. The molecule has 0 saturated carbocycles. The Morgan fingerprint density at radius 1 is 1.53 bits per heavy atom. The highest BCUT2D eigenvalue weighted by atomic mass is 32.2. The predicted octanol–water partition coefficient (Wildman–Crippen LogP) is -0.438. The maximum absolute atomic E-state index is 11.5. The molecule has 0 aliphatic rings. The lowest BCUT2D eigenvalue weighted by Crippen LogP contribution is -2.19. The molecule has 1 heterocycles. The normalized spacial score (nSPS) is 11.9. The monoisotopic (exact) mass is 232 g/mol. The quantitative estimate of drug-likeness (QED) is 0.718. The van der Waals surface area contributed by atoms with Gasteiger partial charge in [-0.25, -0.2) is 18.1 Å². The second kappa shape index (κ2) is 5.22. The molecule has 7 heteroatoms. The molecular formula is C8H16N4O2S. The molecule has 15 heavy (non-hydrogen) atoms. The van der Waals surface area contributed by atoms with Gasteiger partial charge in [0, 0.05) is 13.1 Å². The number of aryl methyl sites for hydroxylation is 1. The number of hydrogen-bond acceptors (Lipinski definition) is 5. The predicted molar refractivity (Wildman–Crippen MR) is 56.9 cm³/mol. The minimum absolute atomic E-state index is 0.00795. The first kappa shape index (κ1) is 12.1. The fraction of sp³-hybridized carbons (Fsp3) is 0.750. The maximum atomic E-state index is 11.5. The zero-order valence-corrected chi connectivity index (χ0v) is 9.57. The lowest BCUT2D eigenvalue weighted by atomic mass is 10.5.